The minimum Gasteiger partial charge on any atom is -0.327 e. The molecule has 4 rings (SSSR count). The second-order valence-corrected chi connectivity index (χ2v) is 6.63. The molecule has 1 saturated heterocycles. The van der Waals surface area contributed by atoms with Crippen LogP contribution in [-0.4, -0.2) is 45.9 Å². The highest BCUT2D eigenvalue weighted by Gasteiger charge is 2.38. The molecule has 1 aromatic heterocycles. The number of hydrogen-bond acceptors (Lipinski definition) is 4. The number of benzene rings is 1. The van der Waals surface area contributed by atoms with Crippen molar-refractivity contribution in [2.24, 2.45) is 5.92 Å². The molecule has 0 radical (unpaired) electrons. The van der Waals surface area contributed by atoms with Crippen molar-refractivity contribution >= 4 is 16.8 Å². The quantitative estimate of drug-likeness (QED) is 0.915. The van der Waals surface area contributed by atoms with Crippen LogP contribution in [0.3, 0.4) is 0 Å². The van der Waals surface area contributed by atoms with Crippen molar-refractivity contribution in [1.82, 2.24) is 19.8 Å². The molecule has 1 aliphatic heterocycles. The summed E-state index contributed by atoms with van der Waals surface area (Å²) in [6, 6.07) is 8.30. The van der Waals surface area contributed by atoms with Gasteiger partial charge in [0.1, 0.15) is 5.82 Å². The summed E-state index contributed by atoms with van der Waals surface area (Å²) in [6.07, 6.45) is 2.16. The fraction of sp³-hybridized carbons (Fsp3) is 0.556. The van der Waals surface area contributed by atoms with Crippen LogP contribution >= 0.6 is 0 Å². The molecule has 0 amide bonds. The number of rotatable bonds is 5. The molecule has 2 fully saturated rings. The molecule has 5 heteroatoms. The van der Waals surface area contributed by atoms with Crippen LogP contribution in [-0.2, 0) is 17.9 Å². The molecule has 1 N–H and O–H groups in total. The summed E-state index contributed by atoms with van der Waals surface area (Å²) in [5.41, 5.74) is 2.23. The minimum absolute atomic E-state index is 0.0152. The average molecular weight is 312 g/mol. The number of fused-ring (bicyclic) bond motifs is 1. The first-order valence-corrected chi connectivity index (χ1v) is 8.70. The number of carbonyl (C=O) groups excluding carboxylic acids is 1. The molecule has 23 heavy (non-hydrogen) atoms. The molecule has 2 aromatic rings. The molecule has 1 atom stereocenters. The first kappa shape index (κ1) is 14.8. The Hall–Kier alpha value is -1.72. The predicted octanol–water partition coefficient (Wildman–Crippen LogP) is 1.81. The third-order valence-electron chi connectivity index (χ3n) is 5.06. The van der Waals surface area contributed by atoms with Gasteiger partial charge in [-0.05, 0) is 31.9 Å². The summed E-state index contributed by atoms with van der Waals surface area (Å²) < 4.78 is 2.27. The molecule has 1 saturated carbocycles. The van der Waals surface area contributed by atoms with Crippen LogP contribution in [0, 0.1) is 5.92 Å². The van der Waals surface area contributed by atoms with Crippen LogP contribution in [0.5, 0.6) is 0 Å². The molecule has 1 unspecified atom stereocenters. The van der Waals surface area contributed by atoms with E-state index in [1.54, 1.807) is 0 Å². The number of carbonyl (C=O) groups is 1. The van der Waals surface area contributed by atoms with Crippen molar-refractivity contribution in [1.29, 1.82) is 0 Å². The largest absolute Gasteiger partial charge is 0.327 e. The van der Waals surface area contributed by atoms with Gasteiger partial charge in [-0.15, -0.1) is 0 Å². The van der Waals surface area contributed by atoms with Gasteiger partial charge in [0.05, 0.1) is 23.6 Å². The lowest BCUT2D eigenvalue weighted by atomic mass is 10.0. The molecule has 122 valence electrons. The van der Waals surface area contributed by atoms with E-state index in [0.717, 1.165) is 56.9 Å². The Balaban J connectivity index is 1.61. The van der Waals surface area contributed by atoms with Crippen molar-refractivity contribution in [3.63, 3.8) is 0 Å². The Labute approximate surface area is 136 Å². The summed E-state index contributed by atoms with van der Waals surface area (Å²) in [6.45, 7) is 6.46. The number of aromatic nitrogens is 2. The van der Waals surface area contributed by atoms with Gasteiger partial charge in [0.25, 0.3) is 0 Å². The number of para-hydroxylation sites is 2. The van der Waals surface area contributed by atoms with E-state index in [1.807, 2.05) is 6.07 Å². The van der Waals surface area contributed by atoms with Crippen molar-refractivity contribution in [2.45, 2.75) is 38.9 Å². The Morgan fingerprint density at radius 2 is 2.17 bits per heavy atom. The van der Waals surface area contributed by atoms with Gasteiger partial charge in [-0.1, -0.05) is 12.1 Å². The highest BCUT2D eigenvalue weighted by Crippen LogP contribution is 2.32. The lowest BCUT2D eigenvalue weighted by molar-refractivity contribution is -0.126. The molecular formula is C18H24N4O. The van der Waals surface area contributed by atoms with Gasteiger partial charge in [-0.25, -0.2) is 4.98 Å². The molecule has 5 nitrogen and oxygen atoms in total. The lowest BCUT2D eigenvalue weighted by Crippen LogP contribution is -2.55. The van der Waals surface area contributed by atoms with Gasteiger partial charge >= 0.3 is 0 Å². The van der Waals surface area contributed by atoms with Gasteiger partial charge in [-0.3, -0.25) is 9.69 Å². The van der Waals surface area contributed by atoms with E-state index in [-0.39, 0.29) is 6.04 Å². The standard InChI is InChI=1S/C18H24N4O/c1-2-22-15-6-4-3-5-14(15)20-17(22)12-21-10-9-19-11-16(21)18(23)13-7-8-13/h3-6,13,16,19H,2,7-12H2,1H3. The zero-order valence-electron chi connectivity index (χ0n) is 13.7. The van der Waals surface area contributed by atoms with Gasteiger partial charge in [0.15, 0.2) is 5.78 Å². The average Bonchev–Trinajstić information content (AvgIpc) is 3.36. The SMILES string of the molecule is CCn1c(CN2CCNCC2C(=O)C2CC2)nc2ccccc21. The van der Waals surface area contributed by atoms with Crippen molar-refractivity contribution in [3.8, 4) is 0 Å². The van der Waals surface area contributed by atoms with Gasteiger partial charge < -0.3 is 9.88 Å². The highest BCUT2D eigenvalue weighted by molar-refractivity contribution is 5.88. The number of piperazine rings is 1. The topological polar surface area (TPSA) is 50.2 Å². The number of imidazole rings is 1. The molecule has 1 aromatic carbocycles. The summed E-state index contributed by atoms with van der Waals surface area (Å²) in [7, 11) is 0. The normalized spacial score (nSPS) is 22.6. The molecule has 0 spiro atoms. The van der Waals surface area contributed by atoms with E-state index in [1.165, 1.54) is 5.52 Å². The Morgan fingerprint density at radius 1 is 1.35 bits per heavy atom. The first-order valence-electron chi connectivity index (χ1n) is 8.70. The lowest BCUT2D eigenvalue weighted by Gasteiger charge is -2.35. The summed E-state index contributed by atoms with van der Waals surface area (Å²) >= 11 is 0. The number of ketones is 1. The smallest absolute Gasteiger partial charge is 0.154 e. The van der Waals surface area contributed by atoms with Crippen LogP contribution in [0.2, 0.25) is 0 Å². The molecule has 0 bridgehead atoms. The Bertz CT molecular complexity index is 719. The second kappa shape index (κ2) is 6.06. The van der Waals surface area contributed by atoms with Gasteiger partial charge in [0.2, 0.25) is 0 Å². The zero-order chi connectivity index (χ0) is 15.8. The van der Waals surface area contributed by atoms with E-state index in [9.17, 15) is 4.79 Å². The minimum atomic E-state index is 0.0152. The van der Waals surface area contributed by atoms with E-state index in [2.05, 4.69) is 39.9 Å². The zero-order valence-corrected chi connectivity index (χ0v) is 13.7. The highest BCUT2D eigenvalue weighted by atomic mass is 16.1. The van der Waals surface area contributed by atoms with Crippen molar-refractivity contribution in [3.05, 3.63) is 30.1 Å². The summed E-state index contributed by atoms with van der Waals surface area (Å²) in [5, 5.41) is 3.38. The van der Waals surface area contributed by atoms with Crippen LogP contribution in [0.4, 0.5) is 0 Å². The summed E-state index contributed by atoms with van der Waals surface area (Å²) in [5.74, 6) is 1.81. The van der Waals surface area contributed by atoms with Crippen molar-refractivity contribution < 1.29 is 4.79 Å². The first-order chi connectivity index (χ1) is 11.3. The molecular weight excluding hydrogens is 288 g/mol. The number of Topliss-reactive ketones (excluding diaryl/α,β-unsaturated/α-hetero) is 1. The van der Waals surface area contributed by atoms with Crippen LogP contribution in [0.1, 0.15) is 25.6 Å². The van der Waals surface area contributed by atoms with Gasteiger partial charge in [-0.2, -0.15) is 0 Å². The molecule has 1 aliphatic carbocycles. The number of hydrogen-bond donors (Lipinski definition) is 1. The predicted molar refractivity (Wildman–Crippen MR) is 90.2 cm³/mol. The second-order valence-electron chi connectivity index (χ2n) is 6.63. The van der Waals surface area contributed by atoms with Gasteiger partial charge in [0, 0.05) is 32.1 Å². The van der Waals surface area contributed by atoms with Crippen molar-refractivity contribution in [2.75, 3.05) is 19.6 Å². The third-order valence-corrected chi connectivity index (χ3v) is 5.06. The van der Waals surface area contributed by atoms with E-state index >= 15 is 0 Å². The molecule has 2 aliphatic rings. The van der Waals surface area contributed by atoms with Crippen LogP contribution < -0.4 is 5.32 Å². The fourth-order valence-electron chi connectivity index (χ4n) is 3.64. The van der Waals surface area contributed by atoms with E-state index in [0.29, 0.717) is 11.7 Å². The number of nitrogens with zero attached hydrogens (tertiary/aromatic N) is 3. The maximum Gasteiger partial charge on any atom is 0.154 e. The van der Waals surface area contributed by atoms with Crippen LogP contribution in [0.15, 0.2) is 24.3 Å². The maximum atomic E-state index is 12.6. The Kier molecular flexibility index (Phi) is 3.91. The van der Waals surface area contributed by atoms with E-state index < -0.39 is 0 Å². The third kappa shape index (κ3) is 2.79. The fourth-order valence-corrected chi connectivity index (χ4v) is 3.64. The van der Waals surface area contributed by atoms with E-state index in [4.69, 9.17) is 4.98 Å². The maximum absolute atomic E-state index is 12.6. The summed E-state index contributed by atoms with van der Waals surface area (Å²) in [4.78, 5) is 19.7. The van der Waals surface area contributed by atoms with Crippen LogP contribution in [0.25, 0.3) is 11.0 Å². The molecule has 2 heterocycles. The number of aryl methyl sites for hydroxylation is 1. The number of nitrogens with one attached hydrogen (secondary N) is 1. The Morgan fingerprint density at radius 3 is 2.96 bits per heavy atom. The monoisotopic (exact) mass is 312 g/mol.